The molecule has 3 aromatic rings. The second-order valence-corrected chi connectivity index (χ2v) is 4.23. The number of nitro groups is 1. The second-order valence-electron chi connectivity index (χ2n) is 4.23. The molecule has 0 bridgehead atoms. The van der Waals surface area contributed by atoms with Crippen LogP contribution in [-0.4, -0.2) is 15.1 Å². The van der Waals surface area contributed by atoms with Gasteiger partial charge in [0.2, 0.25) is 5.75 Å². The van der Waals surface area contributed by atoms with Crippen molar-refractivity contribution < 1.29 is 15.1 Å². The van der Waals surface area contributed by atoms with Gasteiger partial charge in [-0.05, 0) is 16.8 Å². The fourth-order valence-corrected chi connectivity index (χ4v) is 2.25. The molecule has 0 aliphatic carbocycles. The lowest BCUT2D eigenvalue weighted by Gasteiger charge is -2.07. The fraction of sp³-hybridized carbons (Fsp3) is 0. The first kappa shape index (κ1) is 11.3. The summed E-state index contributed by atoms with van der Waals surface area (Å²) >= 11 is 0. The maximum Gasteiger partial charge on any atom is 0.315 e. The van der Waals surface area contributed by atoms with E-state index in [1.54, 1.807) is 12.1 Å². The number of phenolic OH excluding ortho intramolecular Hbond substituents is 2. The van der Waals surface area contributed by atoms with Crippen molar-refractivity contribution in [3.8, 4) is 11.5 Å². The predicted octanol–water partition coefficient (Wildman–Crippen LogP) is 3.31. The van der Waals surface area contributed by atoms with Crippen LogP contribution in [0.2, 0.25) is 0 Å². The van der Waals surface area contributed by atoms with Crippen molar-refractivity contribution in [2.45, 2.75) is 0 Å². The van der Waals surface area contributed by atoms with Crippen molar-refractivity contribution in [2.75, 3.05) is 0 Å². The summed E-state index contributed by atoms with van der Waals surface area (Å²) in [5.74, 6) is -1.16. The summed E-state index contributed by atoms with van der Waals surface area (Å²) in [6.07, 6.45) is 0. The molecule has 5 nitrogen and oxygen atoms in total. The van der Waals surface area contributed by atoms with Gasteiger partial charge in [-0.25, -0.2) is 0 Å². The lowest BCUT2D eigenvalue weighted by Crippen LogP contribution is -1.90. The van der Waals surface area contributed by atoms with Gasteiger partial charge in [-0.2, -0.15) is 0 Å². The molecule has 0 radical (unpaired) electrons. The molecule has 0 aromatic heterocycles. The van der Waals surface area contributed by atoms with Gasteiger partial charge >= 0.3 is 5.69 Å². The van der Waals surface area contributed by atoms with Crippen LogP contribution in [0.3, 0.4) is 0 Å². The molecule has 0 saturated carbocycles. The van der Waals surface area contributed by atoms with Crippen LogP contribution in [0.15, 0.2) is 42.5 Å². The summed E-state index contributed by atoms with van der Waals surface area (Å²) in [7, 11) is 0. The zero-order chi connectivity index (χ0) is 13.6. The minimum atomic E-state index is -0.712. The first-order valence-corrected chi connectivity index (χ1v) is 5.60. The van der Waals surface area contributed by atoms with E-state index in [1.807, 2.05) is 24.3 Å². The van der Waals surface area contributed by atoms with E-state index in [2.05, 4.69) is 0 Å². The Hall–Kier alpha value is -2.82. The minimum Gasteiger partial charge on any atom is -0.504 e. The van der Waals surface area contributed by atoms with Gasteiger partial charge in [0.15, 0.2) is 5.75 Å². The molecule has 0 amide bonds. The van der Waals surface area contributed by atoms with E-state index >= 15 is 0 Å². The summed E-state index contributed by atoms with van der Waals surface area (Å²) in [6, 6.07) is 12.1. The molecule has 0 fully saturated rings. The average Bonchev–Trinajstić information content (AvgIpc) is 2.42. The zero-order valence-electron chi connectivity index (χ0n) is 9.70. The monoisotopic (exact) mass is 255 g/mol. The Labute approximate surface area is 107 Å². The molecule has 2 N–H and O–H groups in total. The topological polar surface area (TPSA) is 83.6 Å². The third-order valence-electron chi connectivity index (χ3n) is 3.17. The number of rotatable bonds is 1. The first-order chi connectivity index (χ1) is 9.09. The predicted molar refractivity (Wildman–Crippen MR) is 71.4 cm³/mol. The lowest BCUT2D eigenvalue weighted by atomic mass is 10.0. The van der Waals surface area contributed by atoms with Crippen LogP contribution in [0.1, 0.15) is 0 Å². The smallest absolute Gasteiger partial charge is 0.315 e. The number of hydrogen-bond acceptors (Lipinski definition) is 4. The summed E-state index contributed by atoms with van der Waals surface area (Å²) in [6.45, 7) is 0. The Morgan fingerprint density at radius 2 is 1.63 bits per heavy atom. The van der Waals surface area contributed by atoms with Gasteiger partial charge in [-0.3, -0.25) is 10.1 Å². The summed E-state index contributed by atoms with van der Waals surface area (Å²) in [4.78, 5) is 10.2. The van der Waals surface area contributed by atoms with E-state index in [4.69, 9.17) is 0 Å². The number of nitrogens with zero attached hydrogens (tertiary/aromatic N) is 1. The zero-order valence-corrected chi connectivity index (χ0v) is 9.70. The van der Waals surface area contributed by atoms with Gasteiger partial charge in [0, 0.05) is 16.8 Å². The molecular weight excluding hydrogens is 246 g/mol. The van der Waals surface area contributed by atoms with Gasteiger partial charge < -0.3 is 10.2 Å². The number of benzene rings is 3. The van der Waals surface area contributed by atoms with Crippen molar-refractivity contribution in [1.29, 1.82) is 0 Å². The van der Waals surface area contributed by atoms with E-state index in [9.17, 15) is 20.3 Å². The van der Waals surface area contributed by atoms with Crippen molar-refractivity contribution in [1.82, 2.24) is 0 Å². The Bertz CT molecular complexity index is 826. The molecule has 0 aliphatic rings. The highest BCUT2D eigenvalue weighted by Gasteiger charge is 2.21. The molecule has 5 heteroatoms. The normalized spacial score (nSPS) is 10.9. The van der Waals surface area contributed by atoms with Crippen LogP contribution in [-0.2, 0) is 0 Å². The van der Waals surface area contributed by atoms with Gasteiger partial charge in [0.05, 0.1) is 4.92 Å². The Morgan fingerprint density at radius 1 is 0.895 bits per heavy atom. The fourth-order valence-electron chi connectivity index (χ4n) is 2.25. The van der Waals surface area contributed by atoms with Gasteiger partial charge in [0.25, 0.3) is 0 Å². The quantitative estimate of drug-likeness (QED) is 0.302. The Morgan fingerprint density at radius 3 is 2.37 bits per heavy atom. The molecular formula is C14H9NO4. The number of nitro benzene ring substituents is 1. The molecule has 0 atom stereocenters. The molecule has 0 heterocycles. The molecule has 3 aromatic carbocycles. The van der Waals surface area contributed by atoms with Crippen molar-refractivity contribution in [3.63, 3.8) is 0 Å². The highest BCUT2D eigenvalue weighted by Crippen LogP contribution is 2.43. The maximum atomic E-state index is 10.9. The van der Waals surface area contributed by atoms with Crippen molar-refractivity contribution in [2.24, 2.45) is 0 Å². The molecule has 94 valence electrons. The van der Waals surface area contributed by atoms with Crippen LogP contribution in [0, 0.1) is 10.1 Å². The van der Waals surface area contributed by atoms with Crippen LogP contribution in [0.5, 0.6) is 11.5 Å². The highest BCUT2D eigenvalue weighted by molar-refractivity contribution is 6.11. The van der Waals surface area contributed by atoms with Gasteiger partial charge in [-0.15, -0.1) is 0 Å². The third-order valence-corrected chi connectivity index (χ3v) is 3.17. The van der Waals surface area contributed by atoms with Gasteiger partial charge in [0.1, 0.15) is 0 Å². The molecule has 0 unspecified atom stereocenters. The molecule has 0 aliphatic heterocycles. The molecule has 0 saturated heterocycles. The number of hydrogen-bond donors (Lipinski definition) is 2. The third kappa shape index (κ3) is 1.55. The lowest BCUT2D eigenvalue weighted by molar-refractivity contribution is -0.385. The standard InChI is InChI=1S/C14H9NO4/c16-13-10-6-5-8-3-1-2-4-9(8)11(10)7-12(14(13)17)15(18)19/h1-7,16-17H. The Balaban J connectivity index is 2.55. The van der Waals surface area contributed by atoms with Crippen LogP contribution < -0.4 is 0 Å². The SMILES string of the molecule is O=[N+]([O-])c1cc2c(ccc3ccccc32)c(O)c1O. The summed E-state index contributed by atoms with van der Waals surface area (Å²) in [5.41, 5.74) is -0.499. The van der Waals surface area contributed by atoms with Crippen molar-refractivity contribution in [3.05, 3.63) is 52.6 Å². The Kier molecular flexibility index (Phi) is 2.28. The van der Waals surface area contributed by atoms with Crippen molar-refractivity contribution >= 4 is 27.2 Å². The number of aromatic hydroxyl groups is 2. The number of phenols is 2. The summed E-state index contributed by atoms with van der Waals surface area (Å²) < 4.78 is 0. The number of fused-ring (bicyclic) bond motifs is 3. The van der Waals surface area contributed by atoms with Crippen LogP contribution in [0.4, 0.5) is 5.69 Å². The van der Waals surface area contributed by atoms with Crippen LogP contribution >= 0.6 is 0 Å². The van der Waals surface area contributed by atoms with E-state index < -0.39 is 22.1 Å². The largest absolute Gasteiger partial charge is 0.504 e. The highest BCUT2D eigenvalue weighted by atomic mass is 16.6. The molecule has 3 rings (SSSR count). The minimum absolute atomic E-state index is 0.391. The average molecular weight is 255 g/mol. The molecule has 19 heavy (non-hydrogen) atoms. The van der Waals surface area contributed by atoms with E-state index in [1.165, 1.54) is 6.07 Å². The summed E-state index contributed by atoms with van der Waals surface area (Å²) in [5, 5.41) is 33.1. The van der Waals surface area contributed by atoms with Gasteiger partial charge in [-0.1, -0.05) is 30.3 Å². The van der Waals surface area contributed by atoms with E-state index in [0.717, 1.165) is 10.8 Å². The second kappa shape index (κ2) is 3.84. The van der Waals surface area contributed by atoms with E-state index in [-0.39, 0.29) is 0 Å². The first-order valence-electron chi connectivity index (χ1n) is 5.60. The van der Waals surface area contributed by atoms with Crippen LogP contribution in [0.25, 0.3) is 21.5 Å². The molecule has 0 spiro atoms. The van der Waals surface area contributed by atoms with E-state index in [0.29, 0.717) is 10.8 Å². The maximum absolute atomic E-state index is 10.9.